The van der Waals surface area contributed by atoms with E-state index in [1.54, 1.807) is 0 Å². The predicted molar refractivity (Wildman–Crippen MR) is 104 cm³/mol. The zero-order valence-electron chi connectivity index (χ0n) is 14.4. The lowest BCUT2D eigenvalue weighted by atomic mass is 10.1. The number of thiocarbonyl (C=S) groups is 1. The molecule has 0 aliphatic rings. The summed E-state index contributed by atoms with van der Waals surface area (Å²) in [5, 5.41) is 1.95. The van der Waals surface area contributed by atoms with Gasteiger partial charge in [0.1, 0.15) is 5.69 Å². The van der Waals surface area contributed by atoms with Gasteiger partial charge in [0.05, 0.1) is 5.16 Å². The summed E-state index contributed by atoms with van der Waals surface area (Å²) in [7, 11) is 0. The fourth-order valence-electron chi connectivity index (χ4n) is 2.20. The van der Waals surface area contributed by atoms with Crippen molar-refractivity contribution in [2.24, 2.45) is 4.99 Å². The maximum absolute atomic E-state index is 13.8. The van der Waals surface area contributed by atoms with Gasteiger partial charge in [-0.3, -0.25) is 0 Å². The van der Waals surface area contributed by atoms with Gasteiger partial charge >= 0.3 is 0 Å². The zero-order valence-corrected chi connectivity index (χ0v) is 15.2. The smallest absolute Gasteiger partial charge is 0.153 e. The fraction of sp³-hybridized carbons (Fsp3) is 0.227. The van der Waals surface area contributed by atoms with E-state index in [-0.39, 0.29) is 5.56 Å². The van der Waals surface area contributed by atoms with Crippen molar-refractivity contribution in [2.45, 2.75) is 32.6 Å². The molecule has 130 valence electrons. The number of rotatable bonds is 4. The van der Waals surface area contributed by atoms with Crippen LogP contribution in [0.1, 0.15) is 49.3 Å². The molecule has 0 bridgehead atoms. The number of hydrogen-bond acceptors (Lipinski definition) is 2. The Hall–Kier alpha value is -2.78. The lowest BCUT2D eigenvalue weighted by Crippen LogP contribution is -1.86. The third-order valence-electron chi connectivity index (χ3n) is 3.55. The third kappa shape index (κ3) is 5.94. The lowest BCUT2D eigenvalue weighted by molar-refractivity contribution is 0.587. The van der Waals surface area contributed by atoms with Crippen LogP contribution in [0.5, 0.6) is 0 Å². The first kappa shape index (κ1) is 19.5. The van der Waals surface area contributed by atoms with Gasteiger partial charge in [-0.1, -0.05) is 43.4 Å². The summed E-state index contributed by atoms with van der Waals surface area (Å²) in [6.07, 6.45) is 4.40. The van der Waals surface area contributed by atoms with E-state index in [4.69, 9.17) is 0 Å². The van der Waals surface area contributed by atoms with Crippen LogP contribution >= 0.6 is 12.2 Å². The maximum atomic E-state index is 13.8. The molecule has 0 N–H and O–H groups in total. The first-order valence-electron chi connectivity index (χ1n) is 8.32. The van der Waals surface area contributed by atoms with Gasteiger partial charge in [-0.05, 0) is 55.0 Å². The zero-order chi connectivity index (χ0) is 18.8. The van der Waals surface area contributed by atoms with E-state index in [2.05, 4.69) is 47.8 Å². The van der Waals surface area contributed by atoms with Crippen LogP contribution in [0, 0.1) is 35.3 Å². The average Bonchev–Trinajstić information content (AvgIpc) is 2.64. The topological polar surface area (TPSA) is 12.4 Å². The van der Waals surface area contributed by atoms with E-state index in [0.29, 0.717) is 0 Å². The Bertz CT molecular complexity index is 911. The molecule has 0 aliphatic heterocycles. The summed E-state index contributed by atoms with van der Waals surface area (Å²) in [6.45, 7) is 2.16. The molecule has 0 radical (unpaired) electrons. The summed E-state index contributed by atoms with van der Waals surface area (Å²) in [5.41, 5.74) is 1.44. The summed E-state index contributed by atoms with van der Waals surface area (Å²) in [4.78, 5) is 3.37. The highest BCUT2D eigenvalue weighted by molar-refractivity contribution is 7.78. The summed E-state index contributed by atoms with van der Waals surface area (Å²) < 4.78 is 27.5. The van der Waals surface area contributed by atoms with Gasteiger partial charge in [0, 0.05) is 23.1 Å². The first-order chi connectivity index (χ1) is 12.6. The number of benzene rings is 2. The van der Waals surface area contributed by atoms with Crippen LogP contribution in [0.25, 0.3) is 0 Å². The van der Waals surface area contributed by atoms with Gasteiger partial charge in [-0.2, -0.15) is 4.99 Å². The number of isothiocyanates is 1. The van der Waals surface area contributed by atoms with Gasteiger partial charge in [0.15, 0.2) is 11.6 Å². The molecular weight excluding hydrogens is 348 g/mol. The second kappa shape index (κ2) is 10.3. The maximum Gasteiger partial charge on any atom is 0.153 e. The van der Waals surface area contributed by atoms with Crippen molar-refractivity contribution < 1.29 is 8.78 Å². The second-order valence-corrected chi connectivity index (χ2v) is 5.76. The van der Waals surface area contributed by atoms with Crippen LogP contribution < -0.4 is 0 Å². The van der Waals surface area contributed by atoms with Crippen LogP contribution in [-0.4, -0.2) is 5.16 Å². The van der Waals surface area contributed by atoms with Crippen LogP contribution in [0.3, 0.4) is 0 Å². The molecule has 2 aromatic carbocycles. The van der Waals surface area contributed by atoms with E-state index < -0.39 is 17.3 Å². The van der Waals surface area contributed by atoms with E-state index in [1.807, 2.05) is 29.4 Å². The van der Waals surface area contributed by atoms with Crippen molar-refractivity contribution in [2.75, 3.05) is 0 Å². The second-order valence-electron chi connectivity index (χ2n) is 5.58. The monoisotopic (exact) mass is 365 g/mol. The van der Waals surface area contributed by atoms with Crippen molar-refractivity contribution in [1.82, 2.24) is 0 Å². The van der Waals surface area contributed by atoms with Crippen molar-refractivity contribution >= 4 is 23.1 Å². The van der Waals surface area contributed by atoms with Gasteiger partial charge in [-0.25, -0.2) is 8.78 Å². The summed E-state index contributed by atoms with van der Waals surface area (Å²) in [5.74, 6) is 10.3. The average molecular weight is 365 g/mol. The Labute approximate surface area is 158 Å². The van der Waals surface area contributed by atoms with E-state index in [9.17, 15) is 8.78 Å². The summed E-state index contributed by atoms with van der Waals surface area (Å²) >= 11 is 4.37. The Kier molecular flexibility index (Phi) is 7.72. The number of unbranched alkanes of at least 4 members (excludes halogenated alkanes) is 3. The predicted octanol–water partition coefficient (Wildman–Crippen LogP) is 6.03. The highest BCUT2D eigenvalue weighted by atomic mass is 32.1. The minimum atomic E-state index is -0.819. The quantitative estimate of drug-likeness (QED) is 0.279. The highest BCUT2D eigenvalue weighted by Crippen LogP contribution is 2.23. The Balaban J connectivity index is 2.09. The molecule has 1 nitrogen and oxygen atoms in total. The molecule has 2 rings (SSSR count). The SMILES string of the molecule is CCCCCC#Cc1ccc(C#Cc2cc(F)c(N=C=S)c(F)c2)cc1. The minimum Gasteiger partial charge on any atom is -0.204 e. The van der Waals surface area contributed by atoms with E-state index in [0.717, 1.165) is 36.1 Å². The molecule has 0 fully saturated rings. The van der Waals surface area contributed by atoms with Gasteiger partial charge in [-0.15, -0.1) is 0 Å². The Morgan fingerprint density at radius 3 is 2.04 bits per heavy atom. The minimum absolute atomic E-state index is 0.225. The van der Waals surface area contributed by atoms with Crippen LogP contribution in [0.2, 0.25) is 0 Å². The Morgan fingerprint density at radius 2 is 1.46 bits per heavy atom. The molecule has 0 unspecified atom stereocenters. The molecule has 0 amide bonds. The number of nitrogens with zero attached hydrogens (tertiary/aromatic N) is 1. The van der Waals surface area contributed by atoms with Gasteiger partial charge < -0.3 is 0 Å². The van der Waals surface area contributed by atoms with Gasteiger partial charge in [0.2, 0.25) is 0 Å². The molecule has 26 heavy (non-hydrogen) atoms. The molecule has 0 aromatic heterocycles. The standard InChI is InChI=1S/C22H17F2NS/c1-2-3-4-5-6-7-17-8-10-18(11-9-17)12-13-19-14-20(23)22(25-16-26)21(24)15-19/h8-11,14-15H,2-5H2,1H3. The highest BCUT2D eigenvalue weighted by Gasteiger charge is 2.09. The van der Waals surface area contributed by atoms with Crippen molar-refractivity contribution in [3.63, 3.8) is 0 Å². The lowest BCUT2D eigenvalue weighted by Gasteiger charge is -1.98. The molecule has 0 saturated heterocycles. The normalized spacial score (nSPS) is 9.35. The van der Waals surface area contributed by atoms with Crippen molar-refractivity contribution in [1.29, 1.82) is 0 Å². The van der Waals surface area contributed by atoms with Gasteiger partial charge in [0.25, 0.3) is 0 Å². The number of halogens is 2. The van der Waals surface area contributed by atoms with Crippen molar-refractivity contribution in [3.05, 3.63) is 64.7 Å². The molecule has 0 saturated carbocycles. The van der Waals surface area contributed by atoms with Crippen molar-refractivity contribution in [3.8, 4) is 23.7 Å². The van der Waals surface area contributed by atoms with Crippen LogP contribution in [0.4, 0.5) is 14.5 Å². The fourth-order valence-corrected chi connectivity index (χ4v) is 2.29. The molecule has 0 aliphatic carbocycles. The van der Waals surface area contributed by atoms with E-state index in [1.165, 1.54) is 12.8 Å². The van der Waals surface area contributed by atoms with Crippen LogP contribution in [0.15, 0.2) is 41.4 Å². The number of hydrogen-bond donors (Lipinski definition) is 0. The molecule has 0 heterocycles. The summed E-state index contributed by atoms with van der Waals surface area (Å²) in [6, 6.07) is 9.68. The molecule has 2 aromatic rings. The third-order valence-corrected chi connectivity index (χ3v) is 3.64. The Morgan fingerprint density at radius 1 is 0.885 bits per heavy atom. The molecule has 0 atom stereocenters. The largest absolute Gasteiger partial charge is 0.204 e. The van der Waals surface area contributed by atoms with E-state index >= 15 is 0 Å². The molecule has 4 heteroatoms. The molecular formula is C22H17F2NS. The molecule has 0 spiro atoms. The van der Waals surface area contributed by atoms with Crippen LogP contribution in [-0.2, 0) is 0 Å². The first-order valence-corrected chi connectivity index (χ1v) is 8.72. The number of aliphatic imine (C=N–C) groups is 1.